The SMILES string of the molecule is COC(=O)Cc1ccc2c(c1)CC(CCCC(C)CCCC(C)CCCC(C)C)O2. The molecular weight excluding hydrogens is 372 g/mol. The Kier molecular flexibility index (Phi) is 10.7. The Hall–Kier alpha value is -1.51. The molecule has 0 aromatic heterocycles. The first-order chi connectivity index (χ1) is 14.4. The average molecular weight is 417 g/mol. The van der Waals surface area contributed by atoms with Gasteiger partial charge in [0.25, 0.3) is 0 Å². The third kappa shape index (κ3) is 9.10. The molecule has 0 radical (unpaired) electrons. The fourth-order valence-corrected chi connectivity index (χ4v) is 4.56. The van der Waals surface area contributed by atoms with Crippen LogP contribution in [0.3, 0.4) is 0 Å². The van der Waals surface area contributed by atoms with Crippen molar-refractivity contribution in [1.82, 2.24) is 0 Å². The maximum Gasteiger partial charge on any atom is 0.309 e. The number of methoxy groups -OCH3 is 1. The second kappa shape index (κ2) is 13.0. The Labute approximate surface area is 184 Å². The van der Waals surface area contributed by atoms with Crippen LogP contribution in [0.15, 0.2) is 18.2 Å². The zero-order chi connectivity index (χ0) is 21.9. The van der Waals surface area contributed by atoms with Crippen LogP contribution in [0.1, 0.15) is 96.6 Å². The van der Waals surface area contributed by atoms with Gasteiger partial charge in [0.15, 0.2) is 0 Å². The summed E-state index contributed by atoms with van der Waals surface area (Å²) in [6, 6.07) is 6.10. The van der Waals surface area contributed by atoms with Crippen LogP contribution in [-0.4, -0.2) is 19.2 Å². The van der Waals surface area contributed by atoms with E-state index in [2.05, 4.69) is 33.8 Å². The van der Waals surface area contributed by atoms with Crippen molar-refractivity contribution in [2.45, 2.75) is 104 Å². The first kappa shape index (κ1) is 24.8. The number of ether oxygens (including phenoxy) is 2. The molecule has 1 aliphatic heterocycles. The van der Waals surface area contributed by atoms with E-state index in [0.29, 0.717) is 12.5 Å². The molecule has 0 saturated heterocycles. The van der Waals surface area contributed by atoms with Crippen LogP contribution in [0.2, 0.25) is 0 Å². The number of esters is 1. The molecule has 3 heteroatoms. The van der Waals surface area contributed by atoms with E-state index in [1.807, 2.05) is 12.1 Å². The average Bonchev–Trinajstić information content (AvgIpc) is 3.09. The van der Waals surface area contributed by atoms with Crippen molar-refractivity contribution in [3.63, 3.8) is 0 Å². The summed E-state index contributed by atoms with van der Waals surface area (Å²) in [4.78, 5) is 11.5. The molecule has 1 aliphatic rings. The van der Waals surface area contributed by atoms with Crippen LogP contribution >= 0.6 is 0 Å². The molecule has 1 aromatic rings. The molecule has 0 saturated carbocycles. The maximum absolute atomic E-state index is 11.5. The summed E-state index contributed by atoms with van der Waals surface area (Å²) in [5.41, 5.74) is 2.25. The number of hydrogen-bond donors (Lipinski definition) is 0. The highest BCUT2D eigenvalue weighted by molar-refractivity contribution is 5.72. The van der Waals surface area contributed by atoms with Gasteiger partial charge in [-0.2, -0.15) is 0 Å². The summed E-state index contributed by atoms with van der Waals surface area (Å²) in [5.74, 6) is 3.34. The molecule has 30 heavy (non-hydrogen) atoms. The van der Waals surface area contributed by atoms with Gasteiger partial charge in [0.05, 0.1) is 13.5 Å². The predicted octanol–water partition coefficient (Wildman–Crippen LogP) is 7.14. The molecule has 0 bridgehead atoms. The second-order valence-corrected chi connectivity index (χ2v) is 10.0. The predicted molar refractivity (Wildman–Crippen MR) is 125 cm³/mol. The standard InChI is InChI=1S/C27H44O3/c1-20(2)9-6-10-21(3)11-7-12-22(4)13-8-14-25-19-24-17-23(18-27(28)29-5)15-16-26(24)30-25/h15-17,20-22,25H,6-14,18-19H2,1-5H3. The molecule has 3 atom stereocenters. The number of carbonyl (C=O) groups is 1. The topological polar surface area (TPSA) is 35.5 Å². The number of benzene rings is 1. The molecule has 0 spiro atoms. The molecule has 170 valence electrons. The van der Waals surface area contributed by atoms with Gasteiger partial charge in [-0.05, 0) is 47.8 Å². The largest absolute Gasteiger partial charge is 0.490 e. The number of hydrogen-bond acceptors (Lipinski definition) is 3. The highest BCUT2D eigenvalue weighted by atomic mass is 16.5. The molecule has 3 nitrogen and oxygen atoms in total. The van der Waals surface area contributed by atoms with Crippen LogP contribution in [0.4, 0.5) is 0 Å². The van der Waals surface area contributed by atoms with Gasteiger partial charge in [-0.1, -0.05) is 84.8 Å². The van der Waals surface area contributed by atoms with Crippen molar-refractivity contribution in [1.29, 1.82) is 0 Å². The zero-order valence-corrected chi connectivity index (χ0v) is 20.0. The first-order valence-electron chi connectivity index (χ1n) is 12.2. The highest BCUT2D eigenvalue weighted by Crippen LogP contribution is 2.32. The van der Waals surface area contributed by atoms with Crippen LogP contribution < -0.4 is 4.74 Å². The van der Waals surface area contributed by atoms with Crippen molar-refractivity contribution >= 4 is 5.97 Å². The molecule has 3 unspecified atom stereocenters. The van der Waals surface area contributed by atoms with Gasteiger partial charge in [0.1, 0.15) is 11.9 Å². The van der Waals surface area contributed by atoms with Crippen molar-refractivity contribution in [3.05, 3.63) is 29.3 Å². The summed E-state index contributed by atoms with van der Waals surface area (Å²) >= 11 is 0. The van der Waals surface area contributed by atoms with Gasteiger partial charge in [0, 0.05) is 6.42 Å². The van der Waals surface area contributed by atoms with E-state index in [-0.39, 0.29) is 5.97 Å². The Bertz CT molecular complexity index is 637. The first-order valence-corrected chi connectivity index (χ1v) is 12.2. The summed E-state index contributed by atoms with van der Waals surface area (Å²) in [6.07, 6.45) is 13.5. The van der Waals surface area contributed by atoms with E-state index >= 15 is 0 Å². The zero-order valence-electron chi connectivity index (χ0n) is 20.0. The van der Waals surface area contributed by atoms with Crippen molar-refractivity contribution in [2.75, 3.05) is 7.11 Å². The number of fused-ring (bicyclic) bond motifs is 1. The Morgan fingerprint density at radius 1 is 1.00 bits per heavy atom. The lowest BCUT2D eigenvalue weighted by Gasteiger charge is -2.16. The molecule has 0 N–H and O–H groups in total. The molecular formula is C27H44O3. The smallest absolute Gasteiger partial charge is 0.309 e. The van der Waals surface area contributed by atoms with E-state index in [0.717, 1.165) is 41.9 Å². The van der Waals surface area contributed by atoms with Crippen LogP contribution in [0, 0.1) is 17.8 Å². The normalized spacial score (nSPS) is 17.5. The minimum Gasteiger partial charge on any atom is -0.490 e. The fourth-order valence-electron chi connectivity index (χ4n) is 4.56. The maximum atomic E-state index is 11.5. The highest BCUT2D eigenvalue weighted by Gasteiger charge is 2.23. The summed E-state index contributed by atoms with van der Waals surface area (Å²) in [6.45, 7) is 9.48. The monoisotopic (exact) mass is 416 g/mol. The molecule has 1 heterocycles. The quantitative estimate of drug-likeness (QED) is 0.302. The third-order valence-electron chi connectivity index (χ3n) is 6.54. The van der Waals surface area contributed by atoms with Crippen molar-refractivity contribution < 1.29 is 14.3 Å². The molecule has 1 aromatic carbocycles. The number of rotatable bonds is 14. The summed E-state index contributed by atoms with van der Waals surface area (Å²) < 4.78 is 10.9. The van der Waals surface area contributed by atoms with Crippen LogP contribution in [0.5, 0.6) is 5.75 Å². The van der Waals surface area contributed by atoms with E-state index in [4.69, 9.17) is 9.47 Å². The van der Waals surface area contributed by atoms with E-state index < -0.39 is 0 Å². The van der Waals surface area contributed by atoms with Crippen LogP contribution in [-0.2, 0) is 22.4 Å². The van der Waals surface area contributed by atoms with Crippen molar-refractivity contribution in [2.24, 2.45) is 17.8 Å². The second-order valence-electron chi connectivity index (χ2n) is 10.0. The van der Waals surface area contributed by atoms with Gasteiger partial charge in [0.2, 0.25) is 0 Å². The minimum atomic E-state index is -0.190. The van der Waals surface area contributed by atoms with Gasteiger partial charge in [-0.15, -0.1) is 0 Å². The third-order valence-corrected chi connectivity index (χ3v) is 6.54. The fraction of sp³-hybridized carbons (Fsp3) is 0.741. The van der Waals surface area contributed by atoms with Crippen LogP contribution in [0.25, 0.3) is 0 Å². The molecule has 0 aliphatic carbocycles. The van der Waals surface area contributed by atoms with Gasteiger partial charge in [-0.3, -0.25) is 4.79 Å². The van der Waals surface area contributed by atoms with E-state index in [9.17, 15) is 4.79 Å². The summed E-state index contributed by atoms with van der Waals surface area (Å²) in [5, 5.41) is 0. The van der Waals surface area contributed by atoms with Gasteiger partial charge in [-0.25, -0.2) is 0 Å². The molecule has 0 amide bonds. The summed E-state index contributed by atoms with van der Waals surface area (Å²) in [7, 11) is 1.43. The van der Waals surface area contributed by atoms with Gasteiger partial charge < -0.3 is 9.47 Å². The van der Waals surface area contributed by atoms with Crippen molar-refractivity contribution in [3.8, 4) is 5.75 Å². The molecule has 2 rings (SSSR count). The lowest BCUT2D eigenvalue weighted by atomic mass is 9.91. The van der Waals surface area contributed by atoms with E-state index in [1.54, 1.807) is 0 Å². The van der Waals surface area contributed by atoms with Gasteiger partial charge >= 0.3 is 5.97 Å². The lowest BCUT2D eigenvalue weighted by molar-refractivity contribution is -0.139. The number of carbonyl (C=O) groups excluding carboxylic acids is 1. The van der Waals surface area contributed by atoms with E-state index in [1.165, 1.54) is 64.0 Å². The Balaban J connectivity index is 1.58. The minimum absolute atomic E-state index is 0.190. The lowest BCUT2D eigenvalue weighted by Crippen LogP contribution is -2.13. The Morgan fingerprint density at radius 2 is 1.63 bits per heavy atom. The molecule has 0 fully saturated rings. The Morgan fingerprint density at radius 3 is 2.27 bits per heavy atom.